The third-order valence-corrected chi connectivity index (χ3v) is 6.22. The van der Waals surface area contributed by atoms with E-state index in [0.29, 0.717) is 23.4 Å². The van der Waals surface area contributed by atoms with Crippen LogP contribution in [0, 0.1) is 0 Å². The van der Waals surface area contributed by atoms with Crippen molar-refractivity contribution in [1.82, 2.24) is 10.2 Å². The lowest BCUT2D eigenvalue weighted by Crippen LogP contribution is -2.50. The maximum Gasteiger partial charge on any atom is 0.244 e. The molecule has 2 saturated carbocycles. The first-order chi connectivity index (χ1) is 9.22. The summed E-state index contributed by atoms with van der Waals surface area (Å²) < 4.78 is 0. The Hall–Kier alpha value is -0.220. The van der Waals surface area contributed by atoms with Crippen LogP contribution >= 0.6 is 11.8 Å². The zero-order valence-corrected chi connectivity index (χ0v) is 13.0. The molecule has 3 fully saturated rings. The standard InChI is InChI=1S/C15H26N2OS/c1-3-6-13-16-15(9-10-15)14(18)17(13)11-7-4-5-8-12(11)19-2/h11-13,16H,3-10H2,1-2H3. The van der Waals surface area contributed by atoms with Crippen molar-refractivity contribution in [1.29, 1.82) is 0 Å². The molecule has 1 saturated heterocycles. The number of carbonyl (C=O) groups is 1. The summed E-state index contributed by atoms with van der Waals surface area (Å²) >= 11 is 1.96. The zero-order chi connectivity index (χ0) is 13.5. The van der Waals surface area contributed by atoms with E-state index in [1.165, 1.54) is 25.7 Å². The van der Waals surface area contributed by atoms with E-state index in [1.54, 1.807) is 0 Å². The summed E-state index contributed by atoms with van der Waals surface area (Å²) in [6.07, 6.45) is 12.0. The molecule has 1 spiro atoms. The number of amides is 1. The Morgan fingerprint density at radius 3 is 2.74 bits per heavy atom. The van der Waals surface area contributed by atoms with E-state index in [1.807, 2.05) is 11.8 Å². The van der Waals surface area contributed by atoms with Crippen molar-refractivity contribution in [3.63, 3.8) is 0 Å². The molecule has 3 aliphatic rings. The van der Waals surface area contributed by atoms with Crippen molar-refractivity contribution < 1.29 is 4.79 Å². The summed E-state index contributed by atoms with van der Waals surface area (Å²) in [5.74, 6) is 0.414. The van der Waals surface area contributed by atoms with Gasteiger partial charge < -0.3 is 4.90 Å². The van der Waals surface area contributed by atoms with Gasteiger partial charge in [-0.05, 0) is 38.4 Å². The first kappa shape index (κ1) is 13.7. The molecule has 3 atom stereocenters. The number of carbonyl (C=O) groups excluding carboxylic acids is 1. The van der Waals surface area contributed by atoms with Gasteiger partial charge in [-0.15, -0.1) is 0 Å². The Morgan fingerprint density at radius 1 is 1.37 bits per heavy atom. The molecule has 1 heterocycles. The maximum absolute atomic E-state index is 12.8. The van der Waals surface area contributed by atoms with Gasteiger partial charge in [-0.2, -0.15) is 11.8 Å². The van der Waals surface area contributed by atoms with Gasteiger partial charge in [-0.1, -0.05) is 26.2 Å². The predicted molar refractivity (Wildman–Crippen MR) is 80.2 cm³/mol. The predicted octanol–water partition coefficient (Wildman–Crippen LogP) is 2.75. The third kappa shape index (κ3) is 2.31. The monoisotopic (exact) mass is 282 g/mol. The summed E-state index contributed by atoms with van der Waals surface area (Å²) in [5.41, 5.74) is -0.139. The van der Waals surface area contributed by atoms with Crippen LogP contribution in [0.15, 0.2) is 0 Å². The van der Waals surface area contributed by atoms with Gasteiger partial charge in [0, 0.05) is 11.3 Å². The van der Waals surface area contributed by atoms with Gasteiger partial charge in [-0.25, -0.2) is 0 Å². The summed E-state index contributed by atoms with van der Waals surface area (Å²) in [6, 6.07) is 0.472. The van der Waals surface area contributed by atoms with Crippen LogP contribution in [0.5, 0.6) is 0 Å². The fourth-order valence-electron chi connectivity index (χ4n) is 3.86. The minimum Gasteiger partial charge on any atom is -0.321 e. The average molecular weight is 282 g/mol. The minimum atomic E-state index is -0.139. The molecule has 0 radical (unpaired) electrons. The van der Waals surface area contributed by atoms with Crippen LogP contribution < -0.4 is 5.32 Å². The molecule has 2 aliphatic carbocycles. The average Bonchev–Trinajstić information content (AvgIpc) is 3.15. The van der Waals surface area contributed by atoms with Crippen LogP contribution in [-0.2, 0) is 4.79 Å². The van der Waals surface area contributed by atoms with Gasteiger partial charge in [0.25, 0.3) is 0 Å². The smallest absolute Gasteiger partial charge is 0.244 e. The Bertz CT molecular complexity index is 356. The number of rotatable bonds is 4. The quantitative estimate of drug-likeness (QED) is 0.860. The van der Waals surface area contributed by atoms with Gasteiger partial charge in [0.2, 0.25) is 5.91 Å². The molecule has 1 aliphatic heterocycles. The fraction of sp³-hybridized carbons (Fsp3) is 0.933. The van der Waals surface area contributed by atoms with Gasteiger partial charge in [0.1, 0.15) is 0 Å². The maximum atomic E-state index is 12.8. The molecule has 3 rings (SSSR count). The SMILES string of the molecule is CCCC1NC2(CC2)C(=O)N1C1CCCCC1SC. The van der Waals surface area contributed by atoms with E-state index in [4.69, 9.17) is 0 Å². The Kier molecular flexibility index (Phi) is 3.82. The highest BCUT2D eigenvalue weighted by Gasteiger charge is 2.60. The molecule has 3 unspecified atom stereocenters. The summed E-state index contributed by atoms with van der Waals surface area (Å²) in [6.45, 7) is 2.22. The van der Waals surface area contributed by atoms with Crippen LogP contribution in [-0.4, -0.2) is 40.1 Å². The van der Waals surface area contributed by atoms with E-state index in [9.17, 15) is 4.79 Å². The topological polar surface area (TPSA) is 32.3 Å². The number of hydrogen-bond acceptors (Lipinski definition) is 3. The lowest BCUT2D eigenvalue weighted by molar-refractivity contribution is -0.133. The van der Waals surface area contributed by atoms with E-state index >= 15 is 0 Å². The molecule has 0 aromatic heterocycles. The highest BCUT2D eigenvalue weighted by atomic mass is 32.2. The van der Waals surface area contributed by atoms with Crippen LogP contribution in [0.3, 0.4) is 0 Å². The van der Waals surface area contributed by atoms with Crippen molar-refractivity contribution in [2.24, 2.45) is 0 Å². The number of nitrogens with one attached hydrogen (secondary N) is 1. The van der Waals surface area contributed by atoms with Crippen molar-refractivity contribution >= 4 is 17.7 Å². The molecular weight excluding hydrogens is 256 g/mol. The lowest BCUT2D eigenvalue weighted by Gasteiger charge is -2.40. The third-order valence-electron chi connectivity index (χ3n) is 5.06. The van der Waals surface area contributed by atoms with Crippen LogP contribution in [0.4, 0.5) is 0 Å². The van der Waals surface area contributed by atoms with Crippen LogP contribution in [0.1, 0.15) is 58.3 Å². The molecule has 108 valence electrons. The Morgan fingerprint density at radius 2 is 2.11 bits per heavy atom. The molecule has 0 aromatic carbocycles. The largest absolute Gasteiger partial charge is 0.321 e. The fourth-order valence-corrected chi connectivity index (χ4v) is 4.84. The minimum absolute atomic E-state index is 0.139. The Labute approximate surface area is 120 Å². The normalized spacial score (nSPS) is 37.1. The van der Waals surface area contributed by atoms with Crippen LogP contribution in [0.25, 0.3) is 0 Å². The first-order valence-electron chi connectivity index (χ1n) is 7.85. The van der Waals surface area contributed by atoms with Gasteiger partial charge in [0.15, 0.2) is 0 Å². The molecule has 1 amide bonds. The zero-order valence-electron chi connectivity index (χ0n) is 12.2. The highest BCUT2D eigenvalue weighted by Crippen LogP contribution is 2.45. The molecule has 19 heavy (non-hydrogen) atoms. The second kappa shape index (κ2) is 5.28. The molecule has 3 nitrogen and oxygen atoms in total. The van der Waals surface area contributed by atoms with Gasteiger partial charge in [-0.3, -0.25) is 10.1 Å². The summed E-state index contributed by atoms with van der Waals surface area (Å²) in [7, 11) is 0. The lowest BCUT2D eigenvalue weighted by atomic mass is 9.93. The highest BCUT2D eigenvalue weighted by molar-refractivity contribution is 7.99. The van der Waals surface area contributed by atoms with Crippen molar-refractivity contribution in [3.8, 4) is 0 Å². The van der Waals surface area contributed by atoms with Gasteiger partial charge >= 0.3 is 0 Å². The second-order valence-electron chi connectivity index (χ2n) is 6.37. The summed E-state index contributed by atoms with van der Waals surface area (Å²) in [4.78, 5) is 15.1. The molecule has 4 heteroatoms. The van der Waals surface area contributed by atoms with Gasteiger partial charge in [0.05, 0.1) is 11.7 Å². The van der Waals surface area contributed by atoms with Crippen molar-refractivity contribution in [3.05, 3.63) is 0 Å². The van der Waals surface area contributed by atoms with E-state index < -0.39 is 0 Å². The molecular formula is C15H26N2OS. The molecule has 0 bridgehead atoms. The van der Waals surface area contributed by atoms with Crippen LogP contribution in [0.2, 0.25) is 0 Å². The molecule has 1 N–H and O–H groups in total. The van der Waals surface area contributed by atoms with Crippen molar-refractivity contribution in [2.75, 3.05) is 6.26 Å². The Balaban J connectivity index is 1.81. The van der Waals surface area contributed by atoms with E-state index in [-0.39, 0.29) is 5.54 Å². The van der Waals surface area contributed by atoms with Crippen molar-refractivity contribution in [2.45, 2.75) is 81.3 Å². The number of nitrogens with zero attached hydrogens (tertiary/aromatic N) is 1. The summed E-state index contributed by atoms with van der Waals surface area (Å²) in [5, 5.41) is 4.30. The number of hydrogen-bond donors (Lipinski definition) is 1. The second-order valence-corrected chi connectivity index (χ2v) is 7.45. The first-order valence-corrected chi connectivity index (χ1v) is 9.14. The van der Waals surface area contributed by atoms with E-state index in [0.717, 1.165) is 25.7 Å². The van der Waals surface area contributed by atoms with E-state index in [2.05, 4.69) is 23.4 Å². The molecule has 0 aromatic rings. The number of thioether (sulfide) groups is 1.